The van der Waals surface area contributed by atoms with Crippen LogP contribution in [0.25, 0.3) is 0 Å². The van der Waals surface area contributed by atoms with E-state index in [1.54, 1.807) is 0 Å². The van der Waals surface area contributed by atoms with Crippen molar-refractivity contribution in [1.82, 2.24) is 0 Å². The van der Waals surface area contributed by atoms with Gasteiger partial charge < -0.3 is 28.0 Å². The number of hydrogen-bond acceptors (Lipinski definition) is 7. The molecular formula is C21H44NO6P. The van der Waals surface area contributed by atoms with Crippen molar-refractivity contribution in [2.45, 2.75) is 53.3 Å². The lowest BCUT2D eigenvalue weighted by atomic mass is 9.92. The fraction of sp³-hybridized carbons (Fsp3) is 0.952. The summed E-state index contributed by atoms with van der Waals surface area (Å²) in [6.07, 6.45) is 4.21. The van der Waals surface area contributed by atoms with Gasteiger partial charge in [-0.05, 0) is 32.6 Å². The summed E-state index contributed by atoms with van der Waals surface area (Å²) < 4.78 is 56.3. The Morgan fingerprint density at radius 3 is 1.83 bits per heavy atom. The van der Waals surface area contributed by atoms with E-state index < -0.39 is 13.8 Å². The van der Waals surface area contributed by atoms with Crippen LogP contribution in [0.5, 0.6) is 0 Å². The topological polar surface area (TPSA) is 67.7 Å². The quantitative estimate of drug-likeness (QED) is 0.105. The van der Waals surface area contributed by atoms with Gasteiger partial charge in [-0.1, -0.05) is 20.7 Å². The van der Waals surface area contributed by atoms with E-state index in [1.807, 2.05) is 13.6 Å². The van der Waals surface area contributed by atoms with Crippen molar-refractivity contribution in [3.63, 3.8) is 0 Å². The minimum atomic E-state index is -0.982. The number of ether oxygens (including phenoxy) is 4. The molecule has 0 rings (SSSR count). The van der Waals surface area contributed by atoms with Crippen LogP contribution in [0.1, 0.15) is 57.4 Å². The molecule has 0 bridgehead atoms. The Morgan fingerprint density at radius 2 is 1.34 bits per heavy atom. The SMILES string of the molecule is [2H]CCCOCC(COCCC[2H])(COCCC[2H])COCCCOP(C)OC=NCC. The van der Waals surface area contributed by atoms with Crippen molar-refractivity contribution >= 4 is 14.8 Å². The number of nitrogens with zero attached hydrogens (tertiary/aromatic N) is 1. The molecule has 0 aliphatic heterocycles. The minimum absolute atomic E-state index is 0.331. The Bertz CT molecular complexity index is 396. The molecule has 0 aliphatic rings. The van der Waals surface area contributed by atoms with Crippen molar-refractivity contribution in [3.05, 3.63) is 0 Å². The molecule has 0 aliphatic carbocycles. The van der Waals surface area contributed by atoms with Gasteiger partial charge in [0.15, 0.2) is 6.40 Å². The average molecular weight is 441 g/mol. The molecule has 7 nitrogen and oxygen atoms in total. The molecule has 174 valence electrons. The molecule has 1 unspecified atom stereocenters. The molecule has 0 fully saturated rings. The third-order valence-electron chi connectivity index (χ3n) is 3.66. The van der Waals surface area contributed by atoms with E-state index in [9.17, 15) is 0 Å². The summed E-state index contributed by atoms with van der Waals surface area (Å²) in [5.74, 6) is 0. The van der Waals surface area contributed by atoms with Crippen LogP contribution in [-0.2, 0) is 28.0 Å². The maximum absolute atomic E-state index is 7.29. The molecule has 0 saturated carbocycles. The van der Waals surface area contributed by atoms with Crippen LogP contribution in [0.3, 0.4) is 0 Å². The predicted molar refractivity (Wildman–Crippen MR) is 120 cm³/mol. The van der Waals surface area contributed by atoms with E-state index in [4.69, 9.17) is 32.1 Å². The van der Waals surface area contributed by atoms with E-state index in [1.165, 1.54) is 6.40 Å². The molecular weight excluding hydrogens is 393 g/mol. The molecule has 29 heavy (non-hydrogen) atoms. The zero-order valence-electron chi connectivity index (χ0n) is 21.4. The van der Waals surface area contributed by atoms with Crippen molar-refractivity contribution in [1.29, 1.82) is 0 Å². The summed E-state index contributed by atoms with van der Waals surface area (Å²) in [4.78, 5) is 4.00. The van der Waals surface area contributed by atoms with Crippen molar-refractivity contribution in [2.24, 2.45) is 10.4 Å². The van der Waals surface area contributed by atoms with Gasteiger partial charge in [0.2, 0.25) is 8.38 Å². The van der Waals surface area contributed by atoms with Crippen LogP contribution in [0, 0.1) is 5.41 Å². The van der Waals surface area contributed by atoms with Gasteiger partial charge in [-0.2, -0.15) is 0 Å². The Balaban J connectivity index is 4.58. The smallest absolute Gasteiger partial charge is 0.228 e. The average Bonchev–Trinajstić information content (AvgIpc) is 2.79. The normalized spacial score (nSPS) is 14.6. The fourth-order valence-corrected chi connectivity index (χ4v) is 2.92. The molecule has 8 heteroatoms. The van der Waals surface area contributed by atoms with Crippen LogP contribution >= 0.6 is 8.38 Å². The Morgan fingerprint density at radius 1 is 0.828 bits per heavy atom. The van der Waals surface area contributed by atoms with E-state index in [0.717, 1.165) is 6.42 Å². The highest BCUT2D eigenvalue weighted by Crippen LogP contribution is 2.32. The van der Waals surface area contributed by atoms with Crippen LogP contribution in [-0.4, -0.2) is 79.1 Å². The monoisotopic (exact) mass is 440 g/mol. The lowest BCUT2D eigenvalue weighted by molar-refractivity contribution is -0.107. The van der Waals surface area contributed by atoms with Gasteiger partial charge in [-0.25, -0.2) is 0 Å². The minimum Gasteiger partial charge on any atom is -0.437 e. The van der Waals surface area contributed by atoms with E-state index >= 15 is 0 Å². The number of aliphatic imine (C=N–C) groups is 1. The van der Waals surface area contributed by atoms with Crippen LogP contribution in [0.2, 0.25) is 0 Å². The summed E-state index contributed by atoms with van der Waals surface area (Å²) in [7, 11) is -0.982. The second kappa shape index (κ2) is 21.0. The van der Waals surface area contributed by atoms with Crippen LogP contribution in [0.15, 0.2) is 4.99 Å². The zero-order chi connectivity index (χ0) is 23.8. The largest absolute Gasteiger partial charge is 0.437 e. The maximum Gasteiger partial charge on any atom is 0.228 e. The van der Waals surface area contributed by atoms with Gasteiger partial charge in [0.1, 0.15) is 0 Å². The first-order chi connectivity index (χ1) is 15.6. The zero-order valence-corrected chi connectivity index (χ0v) is 19.3. The van der Waals surface area contributed by atoms with Gasteiger partial charge in [0.25, 0.3) is 0 Å². The second-order valence-corrected chi connectivity index (χ2v) is 7.96. The molecule has 0 amide bonds. The third kappa shape index (κ3) is 17.1. The number of rotatable bonds is 22. The summed E-state index contributed by atoms with van der Waals surface area (Å²) in [6.45, 7) is 9.77. The first kappa shape index (κ1) is 23.4. The molecule has 0 aromatic heterocycles. The van der Waals surface area contributed by atoms with E-state index in [-0.39, 0.29) is 0 Å². The summed E-state index contributed by atoms with van der Waals surface area (Å²) in [6, 6.07) is 0. The first-order valence-corrected chi connectivity index (χ1v) is 12.0. The molecule has 0 aromatic carbocycles. The molecule has 0 saturated heterocycles. The molecule has 0 N–H and O–H groups in total. The maximum atomic E-state index is 7.29. The lowest BCUT2D eigenvalue weighted by Gasteiger charge is -2.33. The molecule has 0 spiro atoms. The molecule has 1 atom stereocenters. The Kier molecular flexibility index (Phi) is 16.9. The highest BCUT2D eigenvalue weighted by atomic mass is 31.2. The lowest BCUT2D eigenvalue weighted by Crippen LogP contribution is -2.42. The van der Waals surface area contributed by atoms with Crippen LogP contribution < -0.4 is 0 Å². The van der Waals surface area contributed by atoms with Crippen molar-refractivity contribution in [3.8, 4) is 0 Å². The molecule has 0 aromatic rings. The molecule has 0 heterocycles. The highest BCUT2D eigenvalue weighted by Gasteiger charge is 2.32. The van der Waals surface area contributed by atoms with Gasteiger partial charge in [0, 0.05) is 43.7 Å². The Hall–Kier alpha value is -0.300. The summed E-state index contributed by atoms with van der Waals surface area (Å²) >= 11 is 0. The van der Waals surface area contributed by atoms with Crippen molar-refractivity contribution in [2.75, 3.05) is 72.7 Å². The third-order valence-corrected chi connectivity index (χ3v) is 4.60. The predicted octanol–water partition coefficient (Wildman–Crippen LogP) is 4.68. The van der Waals surface area contributed by atoms with Crippen LogP contribution in [0.4, 0.5) is 0 Å². The van der Waals surface area contributed by atoms with Gasteiger partial charge in [-0.15, -0.1) is 0 Å². The van der Waals surface area contributed by atoms with Gasteiger partial charge in [-0.3, -0.25) is 4.99 Å². The van der Waals surface area contributed by atoms with Crippen molar-refractivity contribution < 1.29 is 32.1 Å². The number of hydrogen-bond donors (Lipinski definition) is 0. The second-order valence-electron chi connectivity index (χ2n) is 6.61. The fourth-order valence-electron chi connectivity index (χ4n) is 2.27. The molecule has 0 radical (unpaired) electrons. The van der Waals surface area contributed by atoms with Gasteiger partial charge >= 0.3 is 0 Å². The summed E-state index contributed by atoms with van der Waals surface area (Å²) in [5, 5.41) is 0. The summed E-state index contributed by atoms with van der Waals surface area (Å²) in [5.41, 5.74) is -0.468. The first-order valence-electron chi connectivity index (χ1n) is 12.5. The van der Waals surface area contributed by atoms with E-state index in [2.05, 4.69) is 4.99 Å². The highest BCUT2D eigenvalue weighted by molar-refractivity contribution is 7.46. The van der Waals surface area contributed by atoms with Gasteiger partial charge in [0.05, 0.1) is 38.4 Å². The Labute approximate surface area is 184 Å². The standard InChI is InChI=1S/C21H44NO6P/c1-6-11-23-16-21(17-24-12-7-2,18-25-13-8-3)19-26-14-10-15-27-29(5)28-20-22-9-4/h20H,6-19H2,1-5H3/i1D,2D,3D. The van der Waals surface area contributed by atoms with E-state index in [0.29, 0.717) is 106 Å².